The van der Waals surface area contributed by atoms with Crippen LogP contribution in [0.15, 0.2) is 34.2 Å². The molecule has 26 heavy (non-hydrogen) atoms. The zero-order valence-electron chi connectivity index (χ0n) is 13.8. The molecule has 2 N–H and O–H groups in total. The van der Waals surface area contributed by atoms with Gasteiger partial charge in [0, 0.05) is 12.1 Å². The van der Waals surface area contributed by atoms with E-state index >= 15 is 0 Å². The molecule has 1 amide bonds. The highest BCUT2D eigenvalue weighted by molar-refractivity contribution is 8.00. The second kappa shape index (κ2) is 8.56. The van der Waals surface area contributed by atoms with E-state index in [4.69, 9.17) is 0 Å². The van der Waals surface area contributed by atoms with Crippen molar-refractivity contribution in [2.24, 2.45) is 0 Å². The summed E-state index contributed by atoms with van der Waals surface area (Å²) in [6.45, 7) is 1.52. The molecule has 2 rings (SSSR count). The largest absolute Gasteiger partial charge is 0.469 e. The van der Waals surface area contributed by atoms with E-state index in [-0.39, 0.29) is 23.0 Å². The number of nitrogens with one attached hydrogen (secondary N) is 2. The number of hydrogen-bond donors (Lipinski definition) is 2. The van der Waals surface area contributed by atoms with Gasteiger partial charge in [0.1, 0.15) is 11.6 Å². The summed E-state index contributed by atoms with van der Waals surface area (Å²) in [6, 6.07) is 3.94. The van der Waals surface area contributed by atoms with Gasteiger partial charge in [0.25, 0.3) is 5.56 Å². The van der Waals surface area contributed by atoms with Crippen LogP contribution in [0.25, 0.3) is 0 Å². The van der Waals surface area contributed by atoms with Crippen molar-refractivity contribution >= 4 is 29.3 Å². The Kier molecular flexibility index (Phi) is 6.45. The van der Waals surface area contributed by atoms with Gasteiger partial charge in [-0.05, 0) is 19.1 Å². The van der Waals surface area contributed by atoms with E-state index in [9.17, 15) is 23.2 Å². The van der Waals surface area contributed by atoms with E-state index in [0.29, 0.717) is 6.07 Å². The Balaban J connectivity index is 2.08. The molecule has 0 radical (unpaired) electrons. The molecule has 0 aliphatic heterocycles. The normalized spacial score (nSPS) is 11.7. The molecule has 0 spiro atoms. The van der Waals surface area contributed by atoms with Crippen LogP contribution < -0.4 is 10.9 Å². The minimum Gasteiger partial charge on any atom is -0.469 e. The summed E-state index contributed by atoms with van der Waals surface area (Å²) in [6.07, 6.45) is -0.185. The van der Waals surface area contributed by atoms with Crippen molar-refractivity contribution in [3.8, 4) is 0 Å². The van der Waals surface area contributed by atoms with Gasteiger partial charge in [0.15, 0.2) is 5.16 Å². The topological polar surface area (TPSA) is 101 Å². The fourth-order valence-corrected chi connectivity index (χ4v) is 2.73. The van der Waals surface area contributed by atoms with E-state index in [1.165, 1.54) is 14.0 Å². The Labute approximate surface area is 151 Å². The first-order valence-electron chi connectivity index (χ1n) is 7.38. The third kappa shape index (κ3) is 5.38. The zero-order valence-corrected chi connectivity index (χ0v) is 14.7. The molecule has 10 heteroatoms. The van der Waals surface area contributed by atoms with Gasteiger partial charge in [-0.15, -0.1) is 0 Å². The summed E-state index contributed by atoms with van der Waals surface area (Å²) in [5, 5.41) is 1.70. The standard InChI is InChI=1S/C16H15F2N3O4S/c1-8(15(24)20-12-4-3-9(17)5-11(12)18)26-16-19-10(6-13(22)21-16)7-14(23)25-2/h3-6,8H,7H2,1-2H3,(H,20,24)(H,19,21,22)/t8-/m1/s1. The maximum absolute atomic E-state index is 13.6. The van der Waals surface area contributed by atoms with E-state index in [1.807, 2.05) is 0 Å². The van der Waals surface area contributed by atoms with Crippen LogP contribution in [0, 0.1) is 11.6 Å². The Bertz CT molecular complexity index is 888. The van der Waals surface area contributed by atoms with Gasteiger partial charge >= 0.3 is 5.97 Å². The van der Waals surface area contributed by atoms with Crippen molar-refractivity contribution in [3.05, 3.63) is 51.9 Å². The SMILES string of the molecule is COC(=O)Cc1cc(=O)[nH]c(S[C@H](C)C(=O)Nc2ccc(F)cc2F)n1. The second-order valence-electron chi connectivity index (χ2n) is 5.17. The van der Waals surface area contributed by atoms with Crippen molar-refractivity contribution in [2.45, 2.75) is 23.8 Å². The second-order valence-corrected chi connectivity index (χ2v) is 6.50. The predicted molar refractivity (Wildman–Crippen MR) is 90.9 cm³/mol. The smallest absolute Gasteiger partial charge is 0.311 e. The number of carbonyl (C=O) groups is 2. The molecule has 1 aromatic heterocycles. The highest BCUT2D eigenvalue weighted by Gasteiger charge is 2.18. The number of aromatic nitrogens is 2. The summed E-state index contributed by atoms with van der Waals surface area (Å²) in [5.74, 6) is -2.78. The number of halogens is 2. The first-order valence-corrected chi connectivity index (χ1v) is 8.26. The molecule has 2 aromatic rings. The lowest BCUT2D eigenvalue weighted by atomic mass is 10.3. The number of anilines is 1. The maximum Gasteiger partial charge on any atom is 0.311 e. The zero-order chi connectivity index (χ0) is 19.3. The van der Waals surface area contributed by atoms with Crippen LogP contribution in [0.1, 0.15) is 12.6 Å². The number of esters is 1. The third-order valence-corrected chi connectivity index (χ3v) is 4.16. The van der Waals surface area contributed by atoms with Crippen LogP contribution in [0.5, 0.6) is 0 Å². The molecule has 0 aliphatic rings. The Morgan fingerprint density at radius 1 is 1.35 bits per heavy atom. The number of thioether (sulfide) groups is 1. The molecule has 0 saturated carbocycles. The highest BCUT2D eigenvalue weighted by atomic mass is 32.2. The fourth-order valence-electron chi connectivity index (χ4n) is 1.90. The van der Waals surface area contributed by atoms with E-state index in [0.717, 1.165) is 30.0 Å². The van der Waals surface area contributed by atoms with Crippen molar-refractivity contribution in [1.82, 2.24) is 9.97 Å². The Hall–Kier alpha value is -2.75. The summed E-state index contributed by atoms with van der Waals surface area (Å²) >= 11 is 0.916. The van der Waals surface area contributed by atoms with Gasteiger partial charge in [-0.1, -0.05) is 11.8 Å². The van der Waals surface area contributed by atoms with Gasteiger partial charge < -0.3 is 15.0 Å². The van der Waals surface area contributed by atoms with Crippen LogP contribution in [0.2, 0.25) is 0 Å². The average molecular weight is 383 g/mol. The number of hydrogen-bond acceptors (Lipinski definition) is 6. The van der Waals surface area contributed by atoms with Gasteiger partial charge in [-0.2, -0.15) is 0 Å². The Morgan fingerprint density at radius 3 is 2.73 bits per heavy atom. The number of aromatic amines is 1. The monoisotopic (exact) mass is 383 g/mol. The van der Waals surface area contributed by atoms with Crippen LogP contribution in [0.4, 0.5) is 14.5 Å². The van der Waals surface area contributed by atoms with Crippen LogP contribution in [0.3, 0.4) is 0 Å². The number of rotatable bonds is 6. The first-order chi connectivity index (χ1) is 12.3. The van der Waals surface area contributed by atoms with Gasteiger partial charge in [-0.25, -0.2) is 13.8 Å². The van der Waals surface area contributed by atoms with Crippen molar-refractivity contribution < 1.29 is 23.1 Å². The third-order valence-electron chi connectivity index (χ3n) is 3.17. The number of carbonyl (C=O) groups excluding carboxylic acids is 2. The summed E-state index contributed by atoms with van der Waals surface area (Å²) < 4.78 is 31.0. The number of benzene rings is 1. The highest BCUT2D eigenvalue weighted by Crippen LogP contribution is 2.21. The van der Waals surface area contributed by atoms with Gasteiger partial charge in [-0.3, -0.25) is 14.4 Å². The van der Waals surface area contributed by atoms with E-state index in [2.05, 4.69) is 20.0 Å². The van der Waals surface area contributed by atoms with Gasteiger partial charge in [0.2, 0.25) is 5.91 Å². The van der Waals surface area contributed by atoms with Crippen molar-refractivity contribution in [2.75, 3.05) is 12.4 Å². The minimum absolute atomic E-state index is 0.124. The number of amides is 1. The number of H-pyrrole nitrogens is 1. The lowest BCUT2D eigenvalue weighted by Crippen LogP contribution is -2.24. The van der Waals surface area contributed by atoms with Crippen LogP contribution >= 0.6 is 11.8 Å². The van der Waals surface area contributed by atoms with E-state index in [1.54, 1.807) is 0 Å². The molecule has 0 fully saturated rings. The summed E-state index contributed by atoms with van der Waals surface area (Å²) in [5.41, 5.74) is -0.455. The van der Waals surface area contributed by atoms with E-state index < -0.39 is 34.3 Å². The molecule has 138 valence electrons. The fraction of sp³-hybridized carbons (Fsp3) is 0.250. The molecule has 1 aromatic carbocycles. The van der Waals surface area contributed by atoms with Crippen molar-refractivity contribution in [3.63, 3.8) is 0 Å². The maximum atomic E-state index is 13.6. The van der Waals surface area contributed by atoms with Crippen LogP contribution in [-0.2, 0) is 20.7 Å². The molecule has 7 nitrogen and oxygen atoms in total. The molecule has 0 unspecified atom stereocenters. The molecular formula is C16H15F2N3O4S. The summed E-state index contributed by atoms with van der Waals surface area (Å²) in [4.78, 5) is 41.6. The van der Waals surface area contributed by atoms with Crippen molar-refractivity contribution in [1.29, 1.82) is 0 Å². The average Bonchev–Trinajstić information content (AvgIpc) is 2.56. The lowest BCUT2D eigenvalue weighted by molar-refractivity contribution is -0.139. The van der Waals surface area contributed by atoms with Crippen LogP contribution in [-0.4, -0.2) is 34.2 Å². The van der Waals surface area contributed by atoms with Gasteiger partial charge in [0.05, 0.1) is 30.2 Å². The predicted octanol–water partition coefficient (Wildman–Crippen LogP) is 1.88. The molecule has 1 atom stereocenters. The molecule has 0 saturated heterocycles. The number of ether oxygens (including phenoxy) is 1. The lowest BCUT2D eigenvalue weighted by Gasteiger charge is -2.12. The quantitative estimate of drug-likeness (QED) is 0.449. The minimum atomic E-state index is -0.901. The summed E-state index contributed by atoms with van der Waals surface area (Å²) in [7, 11) is 1.21. The molecule has 0 aliphatic carbocycles. The molecule has 0 bridgehead atoms. The Morgan fingerprint density at radius 2 is 2.08 bits per heavy atom. The number of methoxy groups -OCH3 is 1. The first kappa shape index (κ1) is 19.6. The molecular weight excluding hydrogens is 368 g/mol. The number of nitrogens with zero attached hydrogens (tertiary/aromatic N) is 1. The molecule has 1 heterocycles.